The summed E-state index contributed by atoms with van der Waals surface area (Å²) in [6, 6.07) is 27.2. The second-order valence-corrected chi connectivity index (χ2v) is 15.1. The van der Waals surface area contributed by atoms with Crippen LogP contribution in [-0.2, 0) is 37.4 Å². The smallest absolute Gasteiger partial charge is 0.255 e. The van der Waals surface area contributed by atoms with Gasteiger partial charge in [0.1, 0.15) is 12.1 Å². The first-order chi connectivity index (χ1) is 27.7. The van der Waals surface area contributed by atoms with Gasteiger partial charge in [0.05, 0.1) is 29.9 Å². The third-order valence-corrected chi connectivity index (χ3v) is 10.5. The lowest BCUT2D eigenvalue weighted by molar-refractivity contribution is -0.128. The monoisotopic (exact) mass is 780 g/mol. The number of primary amides is 1. The molecular formula is C45H48N8O5. The third kappa shape index (κ3) is 9.44. The van der Waals surface area contributed by atoms with Gasteiger partial charge in [0, 0.05) is 29.2 Å². The second kappa shape index (κ2) is 17.6. The molecule has 13 nitrogen and oxygen atoms in total. The largest absolute Gasteiger partial charge is 0.368 e. The molecule has 0 saturated carbocycles. The van der Waals surface area contributed by atoms with Crippen molar-refractivity contribution in [2.75, 3.05) is 18.4 Å². The van der Waals surface area contributed by atoms with Crippen LogP contribution in [0, 0.1) is 13.8 Å². The Morgan fingerprint density at radius 1 is 0.879 bits per heavy atom. The fourth-order valence-corrected chi connectivity index (χ4v) is 7.12. The van der Waals surface area contributed by atoms with E-state index in [2.05, 4.69) is 69.3 Å². The molecule has 1 aliphatic heterocycles. The number of benzene rings is 4. The van der Waals surface area contributed by atoms with E-state index in [0.717, 1.165) is 11.1 Å². The highest BCUT2D eigenvalue weighted by Crippen LogP contribution is 2.35. The van der Waals surface area contributed by atoms with Gasteiger partial charge in [-0.3, -0.25) is 24.0 Å². The van der Waals surface area contributed by atoms with Crippen molar-refractivity contribution in [2.24, 2.45) is 11.5 Å². The number of aromatic nitrogens is 2. The van der Waals surface area contributed by atoms with E-state index in [0.29, 0.717) is 45.0 Å². The van der Waals surface area contributed by atoms with Crippen molar-refractivity contribution in [3.63, 3.8) is 0 Å². The molecule has 0 radical (unpaired) electrons. The Balaban J connectivity index is 1.24. The van der Waals surface area contributed by atoms with Gasteiger partial charge in [0.2, 0.25) is 23.6 Å². The Morgan fingerprint density at radius 2 is 1.60 bits per heavy atom. The van der Waals surface area contributed by atoms with Crippen molar-refractivity contribution >= 4 is 35.2 Å². The number of nitrogens with one attached hydrogen (secondary N) is 4. The number of hydrogen-bond donors (Lipinski definition) is 6. The highest BCUT2D eigenvalue weighted by atomic mass is 16.2. The number of anilines is 1. The van der Waals surface area contributed by atoms with Crippen LogP contribution < -0.4 is 32.7 Å². The summed E-state index contributed by atoms with van der Waals surface area (Å²) in [5.74, 6) is -2.24. The van der Waals surface area contributed by atoms with Crippen molar-refractivity contribution in [3.05, 3.63) is 136 Å². The van der Waals surface area contributed by atoms with Gasteiger partial charge >= 0.3 is 0 Å². The molecule has 298 valence electrons. The second-order valence-electron chi connectivity index (χ2n) is 15.1. The van der Waals surface area contributed by atoms with Crippen LogP contribution in [0.1, 0.15) is 64.1 Å². The minimum Gasteiger partial charge on any atom is -0.368 e. The van der Waals surface area contributed by atoms with Gasteiger partial charge in [-0.05, 0) is 66.3 Å². The van der Waals surface area contributed by atoms with Crippen LogP contribution in [0.5, 0.6) is 0 Å². The maximum atomic E-state index is 14.0. The Bertz CT molecular complexity index is 2360. The number of aryl methyl sites for hydroxylation is 2. The molecule has 4 aromatic carbocycles. The lowest BCUT2D eigenvalue weighted by Crippen LogP contribution is -2.49. The minimum absolute atomic E-state index is 0.00513. The van der Waals surface area contributed by atoms with Gasteiger partial charge in [-0.15, -0.1) is 0 Å². The summed E-state index contributed by atoms with van der Waals surface area (Å²) in [4.78, 5) is 74.5. The highest BCUT2D eigenvalue weighted by molar-refractivity contribution is 6.04. The number of nitrogens with two attached hydrogens (primary N) is 2. The van der Waals surface area contributed by atoms with Crippen LogP contribution in [0.3, 0.4) is 0 Å². The van der Waals surface area contributed by atoms with Crippen molar-refractivity contribution in [2.45, 2.75) is 64.5 Å². The summed E-state index contributed by atoms with van der Waals surface area (Å²) in [5.41, 5.74) is 19.0. The third-order valence-electron chi connectivity index (χ3n) is 10.5. The summed E-state index contributed by atoms with van der Waals surface area (Å²) < 4.78 is 0. The Kier molecular flexibility index (Phi) is 12.4. The number of rotatable bonds is 10. The number of amides is 5. The number of carbonyl (C=O) groups excluding carboxylic acids is 5. The zero-order valence-corrected chi connectivity index (χ0v) is 33.0. The first kappa shape index (κ1) is 40.9. The lowest BCUT2D eigenvalue weighted by Gasteiger charge is -2.26. The van der Waals surface area contributed by atoms with E-state index in [-0.39, 0.29) is 49.2 Å². The summed E-state index contributed by atoms with van der Waals surface area (Å²) in [6.45, 7) is 7.68. The van der Waals surface area contributed by atoms with Crippen molar-refractivity contribution in [1.82, 2.24) is 25.9 Å². The summed E-state index contributed by atoms with van der Waals surface area (Å²) in [7, 11) is 0. The van der Waals surface area contributed by atoms with Crippen LogP contribution in [0.2, 0.25) is 0 Å². The van der Waals surface area contributed by atoms with Gasteiger partial charge in [0.25, 0.3) is 5.91 Å². The first-order valence-corrected chi connectivity index (χ1v) is 19.1. The molecule has 8 N–H and O–H groups in total. The molecule has 1 unspecified atom stereocenters. The van der Waals surface area contributed by atoms with E-state index in [1.54, 1.807) is 32.0 Å². The topological polar surface area (TPSA) is 211 Å². The van der Waals surface area contributed by atoms with Crippen LogP contribution in [0.15, 0.2) is 97.2 Å². The normalized spacial score (nSPS) is 14.9. The molecule has 2 heterocycles. The van der Waals surface area contributed by atoms with E-state index in [1.165, 1.54) is 11.8 Å². The SMILES string of the molecule is Cc1cc2cc(c1NC(=O)[C@H](CCN)NC(=O)c1cnc(-c3ccc(C(C)(C)c4ccccc4)cc3)nc1C)-c1cccc(c1)CC(=O)NCC(=O)NC(C(N)=O)C2. The fourth-order valence-electron chi connectivity index (χ4n) is 7.12. The van der Waals surface area contributed by atoms with E-state index in [1.807, 2.05) is 48.5 Å². The molecule has 6 rings (SSSR count). The van der Waals surface area contributed by atoms with Gasteiger partial charge < -0.3 is 32.7 Å². The maximum Gasteiger partial charge on any atom is 0.255 e. The van der Waals surface area contributed by atoms with Crippen LogP contribution in [0.25, 0.3) is 22.5 Å². The average molecular weight is 781 g/mol. The highest BCUT2D eigenvalue weighted by Gasteiger charge is 2.27. The molecule has 4 bridgehead atoms. The van der Waals surface area contributed by atoms with Crippen LogP contribution in [-0.4, -0.2) is 64.7 Å². The molecule has 5 amide bonds. The first-order valence-electron chi connectivity index (χ1n) is 19.1. The number of fused-ring (bicyclic) bond motifs is 5. The van der Waals surface area contributed by atoms with Gasteiger partial charge in [-0.2, -0.15) is 0 Å². The van der Waals surface area contributed by atoms with E-state index in [9.17, 15) is 24.0 Å². The quantitative estimate of drug-likeness (QED) is 0.122. The van der Waals surface area contributed by atoms with E-state index < -0.39 is 35.7 Å². The van der Waals surface area contributed by atoms with E-state index >= 15 is 0 Å². The summed E-state index contributed by atoms with van der Waals surface area (Å²) >= 11 is 0. The predicted octanol–water partition coefficient (Wildman–Crippen LogP) is 4.02. The summed E-state index contributed by atoms with van der Waals surface area (Å²) in [5, 5.41) is 11.0. The molecular weight excluding hydrogens is 733 g/mol. The zero-order valence-electron chi connectivity index (χ0n) is 33.0. The molecule has 1 aliphatic rings. The average Bonchev–Trinajstić information content (AvgIpc) is 3.20. The standard InChI is InChI=1S/C45H48N8O5/c1-26-19-29-21-34(31-10-8-9-28(20-31)23-38(54)48-25-39(55)51-37(22-29)41(47)56)40(26)53-44(58)36(17-18-46)52-43(57)35-24-49-42(50-27(35)2)30-13-15-33(16-14-30)45(3,4)32-11-6-5-7-12-32/h5-16,19-21,24,36-37H,17-18,22-23,25,46H2,1-4H3,(H2,47,56)(H,48,54)(H,51,55)(H,52,57)(H,53,58)/t36-,37?/m0/s1. The molecule has 58 heavy (non-hydrogen) atoms. The molecule has 2 atom stereocenters. The molecule has 0 saturated heterocycles. The molecule has 0 spiro atoms. The molecule has 1 aromatic heterocycles. The fraction of sp³-hybridized carbons (Fsp3) is 0.267. The number of nitrogens with zero attached hydrogens (tertiary/aromatic N) is 2. The number of hydrogen-bond acceptors (Lipinski definition) is 8. The predicted molar refractivity (Wildman–Crippen MR) is 222 cm³/mol. The Morgan fingerprint density at radius 3 is 2.29 bits per heavy atom. The van der Waals surface area contributed by atoms with Crippen molar-refractivity contribution < 1.29 is 24.0 Å². The van der Waals surface area contributed by atoms with Gasteiger partial charge in [-0.25, -0.2) is 9.97 Å². The zero-order chi connectivity index (χ0) is 41.6. The van der Waals surface area contributed by atoms with Crippen LogP contribution >= 0.6 is 0 Å². The maximum absolute atomic E-state index is 14.0. The van der Waals surface area contributed by atoms with Crippen LogP contribution in [0.4, 0.5) is 5.69 Å². The summed E-state index contributed by atoms with van der Waals surface area (Å²) in [6.07, 6.45) is 1.66. The van der Waals surface area contributed by atoms with Crippen molar-refractivity contribution in [3.8, 4) is 22.5 Å². The molecule has 5 aromatic rings. The minimum atomic E-state index is -1.05. The molecule has 13 heteroatoms. The Labute approximate surface area is 337 Å². The Hall–Kier alpha value is -6.73. The van der Waals surface area contributed by atoms with Gasteiger partial charge in [0.15, 0.2) is 5.82 Å². The molecule has 0 fully saturated rings. The van der Waals surface area contributed by atoms with Crippen molar-refractivity contribution in [1.29, 1.82) is 0 Å². The number of carbonyl (C=O) groups is 5. The van der Waals surface area contributed by atoms with Gasteiger partial charge in [-0.1, -0.05) is 98.8 Å². The lowest BCUT2D eigenvalue weighted by atomic mass is 9.78. The molecule has 0 aliphatic carbocycles. The van der Waals surface area contributed by atoms with E-state index in [4.69, 9.17) is 11.5 Å².